The van der Waals surface area contributed by atoms with E-state index in [1.807, 2.05) is 12.1 Å². The molecule has 0 radical (unpaired) electrons. The molecule has 0 spiro atoms. The number of methoxy groups -OCH3 is 3. The van der Waals surface area contributed by atoms with Gasteiger partial charge < -0.3 is 30.2 Å². The summed E-state index contributed by atoms with van der Waals surface area (Å²) in [6.07, 6.45) is 1.48. The van der Waals surface area contributed by atoms with Gasteiger partial charge in [-0.05, 0) is 17.7 Å². The maximum atomic E-state index is 12.2. The Labute approximate surface area is 153 Å². The molecule has 1 aliphatic heterocycles. The molecule has 1 aliphatic rings. The average Bonchev–Trinajstić information content (AvgIpc) is 2.65. The molecular formula is C18H28N3O5+. The van der Waals surface area contributed by atoms with Crippen molar-refractivity contribution in [3.8, 4) is 17.2 Å². The fourth-order valence-electron chi connectivity index (χ4n) is 3.22. The molecule has 26 heavy (non-hydrogen) atoms. The molecule has 1 aromatic rings. The fourth-order valence-corrected chi connectivity index (χ4v) is 3.22. The third-order valence-electron chi connectivity index (χ3n) is 4.72. The number of ether oxygens (including phenoxy) is 3. The fraction of sp³-hybridized carbons (Fsp3) is 0.556. The number of piperidine rings is 1. The number of amides is 2. The topological polar surface area (TPSA) is 104 Å². The molecule has 0 bridgehead atoms. The van der Waals surface area contributed by atoms with Gasteiger partial charge in [0.25, 0.3) is 5.91 Å². The van der Waals surface area contributed by atoms with Crippen LogP contribution in [-0.4, -0.2) is 52.8 Å². The second-order valence-corrected chi connectivity index (χ2v) is 6.41. The van der Waals surface area contributed by atoms with Crippen molar-refractivity contribution in [1.29, 1.82) is 0 Å². The highest BCUT2D eigenvalue weighted by Gasteiger charge is 2.27. The third kappa shape index (κ3) is 5.01. The monoisotopic (exact) mass is 366 g/mol. The summed E-state index contributed by atoms with van der Waals surface area (Å²) in [5.41, 5.74) is 6.19. The number of rotatable bonds is 8. The summed E-state index contributed by atoms with van der Waals surface area (Å²) in [7, 11) is 4.66. The number of quaternary nitrogens is 1. The molecule has 0 aromatic heterocycles. The SMILES string of the molecule is COc1cc(CNC(=O)C[NH+]2CCC(C(N)=O)CC2)cc(OC)c1OC. The number of nitrogens with two attached hydrogens (primary N) is 1. The van der Waals surface area contributed by atoms with Crippen LogP contribution in [-0.2, 0) is 16.1 Å². The quantitative estimate of drug-likeness (QED) is 0.554. The van der Waals surface area contributed by atoms with E-state index in [0.717, 1.165) is 31.5 Å². The van der Waals surface area contributed by atoms with Gasteiger partial charge in [0.1, 0.15) is 0 Å². The van der Waals surface area contributed by atoms with Crippen molar-refractivity contribution in [2.75, 3.05) is 41.0 Å². The van der Waals surface area contributed by atoms with Crippen LogP contribution in [0.3, 0.4) is 0 Å². The number of carbonyl (C=O) groups is 2. The smallest absolute Gasteiger partial charge is 0.275 e. The lowest BCUT2D eigenvalue weighted by Crippen LogP contribution is -3.14. The number of carbonyl (C=O) groups excluding carboxylic acids is 2. The summed E-state index contributed by atoms with van der Waals surface area (Å²) in [6, 6.07) is 3.62. The van der Waals surface area contributed by atoms with E-state index in [4.69, 9.17) is 19.9 Å². The second kappa shape index (κ2) is 9.28. The van der Waals surface area contributed by atoms with Crippen molar-refractivity contribution in [1.82, 2.24) is 5.32 Å². The van der Waals surface area contributed by atoms with Crippen LogP contribution >= 0.6 is 0 Å². The van der Waals surface area contributed by atoms with E-state index in [-0.39, 0.29) is 17.7 Å². The van der Waals surface area contributed by atoms with Gasteiger partial charge in [-0.3, -0.25) is 9.59 Å². The van der Waals surface area contributed by atoms with E-state index in [1.54, 1.807) is 21.3 Å². The van der Waals surface area contributed by atoms with E-state index in [0.29, 0.717) is 30.3 Å². The largest absolute Gasteiger partial charge is 0.493 e. The van der Waals surface area contributed by atoms with Gasteiger partial charge in [-0.15, -0.1) is 0 Å². The number of benzene rings is 1. The van der Waals surface area contributed by atoms with Crippen LogP contribution < -0.4 is 30.2 Å². The molecule has 0 unspecified atom stereocenters. The normalized spacial score (nSPS) is 19.5. The Kier molecular flexibility index (Phi) is 7.08. The molecule has 0 aliphatic carbocycles. The van der Waals surface area contributed by atoms with Crippen molar-refractivity contribution in [2.24, 2.45) is 11.7 Å². The molecule has 2 rings (SSSR count). The molecule has 144 valence electrons. The maximum Gasteiger partial charge on any atom is 0.275 e. The number of nitrogens with one attached hydrogen (secondary N) is 2. The highest BCUT2D eigenvalue weighted by molar-refractivity contribution is 5.77. The molecule has 2 amide bonds. The van der Waals surface area contributed by atoms with E-state index in [9.17, 15) is 9.59 Å². The van der Waals surface area contributed by atoms with Gasteiger partial charge in [0, 0.05) is 25.3 Å². The van der Waals surface area contributed by atoms with Crippen molar-refractivity contribution >= 4 is 11.8 Å². The van der Waals surface area contributed by atoms with Gasteiger partial charge in [-0.25, -0.2) is 0 Å². The lowest BCUT2D eigenvalue weighted by Gasteiger charge is -2.27. The Morgan fingerprint density at radius 1 is 1.12 bits per heavy atom. The summed E-state index contributed by atoms with van der Waals surface area (Å²) < 4.78 is 15.9. The molecule has 8 nitrogen and oxygen atoms in total. The Bertz CT molecular complexity index is 617. The second-order valence-electron chi connectivity index (χ2n) is 6.41. The van der Waals surface area contributed by atoms with Crippen LogP contribution in [0.25, 0.3) is 0 Å². The van der Waals surface area contributed by atoms with Crippen LogP contribution in [0, 0.1) is 5.92 Å². The van der Waals surface area contributed by atoms with Gasteiger partial charge >= 0.3 is 0 Å². The first-order valence-corrected chi connectivity index (χ1v) is 8.67. The number of hydrogen-bond acceptors (Lipinski definition) is 5. The zero-order chi connectivity index (χ0) is 19.1. The molecule has 1 heterocycles. The Hall–Kier alpha value is -2.48. The summed E-state index contributed by atoms with van der Waals surface area (Å²) in [6.45, 7) is 2.32. The zero-order valence-corrected chi connectivity index (χ0v) is 15.6. The third-order valence-corrected chi connectivity index (χ3v) is 4.72. The molecule has 4 N–H and O–H groups in total. The van der Waals surface area contributed by atoms with E-state index in [1.165, 1.54) is 4.90 Å². The van der Waals surface area contributed by atoms with Gasteiger partial charge in [-0.1, -0.05) is 0 Å². The van der Waals surface area contributed by atoms with Crippen molar-refractivity contribution in [2.45, 2.75) is 19.4 Å². The average molecular weight is 366 g/mol. The summed E-state index contributed by atoms with van der Waals surface area (Å²) in [5, 5.41) is 2.92. The van der Waals surface area contributed by atoms with Crippen LogP contribution in [0.1, 0.15) is 18.4 Å². The van der Waals surface area contributed by atoms with Crippen molar-refractivity contribution in [3.63, 3.8) is 0 Å². The minimum absolute atomic E-state index is 0.0359. The van der Waals surface area contributed by atoms with Gasteiger partial charge in [0.15, 0.2) is 18.0 Å². The summed E-state index contributed by atoms with van der Waals surface area (Å²) in [4.78, 5) is 24.6. The van der Waals surface area contributed by atoms with Gasteiger partial charge in [0.2, 0.25) is 11.7 Å². The van der Waals surface area contributed by atoms with Crippen molar-refractivity contribution < 1.29 is 28.7 Å². The molecule has 1 fully saturated rings. The number of likely N-dealkylation sites (tertiary alicyclic amines) is 1. The van der Waals surface area contributed by atoms with Crippen LogP contribution in [0.5, 0.6) is 17.2 Å². The predicted molar refractivity (Wildman–Crippen MR) is 95.4 cm³/mol. The highest BCUT2D eigenvalue weighted by Crippen LogP contribution is 2.38. The first-order chi connectivity index (χ1) is 12.5. The number of primary amides is 1. The Morgan fingerprint density at radius 2 is 1.69 bits per heavy atom. The number of hydrogen-bond donors (Lipinski definition) is 3. The lowest BCUT2D eigenvalue weighted by molar-refractivity contribution is -0.897. The van der Waals surface area contributed by atoms with Gasteiger partial charge in [0.05, 0.1) is 34.4 Å². The van der Waals surface area contributed by atoms with Crippen LogP contribution in [0.4, 0.5) is 0 Å². The van der Waals surface area contributed by atoms with E-state index in [2.05, 4.69) is 5.32 Å². The molecule has 1 saturated heterocycles. The van der Waals surface area contributed by atoms with Gasteiger partial charge in [-0.2, -0.15) is 0 Å². The first-order valence-electron chi connectivity index (χ1n) is 8.67. The molecular weight excluding hydrogens is 338 g/mol. The van der Waals surface area contributed by atoms with Crippen molar-refractivity contribution in [3.05, 3.63) is 17.7 Å². The van der Waals surface area contributed by atoms with E-state index >= 15 is 0 Å². The Balaban J connectivity index is 1.88. The molecule has 8 heteroatoms. The molecule has 1 aromatic carbocycles. The molecule has 0 saturated carbocycles. The summed E-state index contributed by atoms with van der Waals surface area (Å²) >= 11 is 0. The minimum Gasteiger partial charge on any atom is -0.493 e. The predicted octanol–water partition coefficient (Wildman–Crippen LogP) is -0.891. The highest BCUT2D eigenvalue weighted by atomic mass is 16.5. The lowest BCUT2D eigenvalue weighted by atomic mass is 9.96. The van der Waals surface area contributed by atoms with Crippen LogP contribution in [0.15, 0.2) is 12.1 Å². The molecule has 0 atom stereocenters. The Morgan fingerprint density at radius 3 is 2.15 bits per heavy atom. The first kappa shape index (κ1) is 19.8. The summed E-state index contributed by atoms with van der Waals surface area (Å²) in [5.74, 6) is 1.29. The van der Waals surface area contributed by atoms with E-state index < -0.39 is 0 Å². The standard InChI is InChI=1S/C18H27N3O5/c1-24-14-8-12(9-15(25-2)17(14)26-3)10-20-16(22)11-21-6-4-13(5-7-21)18(19)23/h8-9,13H,4-7,10-11H2,1-3H3,(H2,19,23)(H,20,22)/p+1. The zero-order valence-electron chi connectivity index (χ0n) is 15.6. The van der Waals surface area contributed by atoms with Crippen LogP contribution in [0.2, 0.25) is 0 Å². The minimum atomic E-state index is -0.240. The maximum absolute atomic E-state index is 12.2.